The average Bonchev–Trinajstić information content (AvgIpc) is 2.68. The number of hydrogen-bond donors (Lipinski definition) is 3. The zero-order valence-electron chi connectivity index (χ0n) is 9.39. The third-order valence-electron chi connectivity index (χ3n) is 3.29. The molecule has 1 saturated carbocycles. The molecule has 1 fully saturated rings. The zero-order valence-corrected chi connectivity index (χ0v) is 9.39. The zero-order chi connectivity index (χ0) is 11.4. The molecule has 1 aromatic carbocycles. The van der Waals surface area contributed by atoms with Crippen molar-refractivity contribution in [3.05, 3.63) is 29.8 Å². The first-order chi connectivity index (χ1) is 7.75. The summed E-state index contributed by atoms with van der Waals surface area (Å²) in [5, 5.41) is 22.1. The van der Waals surface area contributed by atoms with Gasteiger partial charge >= 0.3 is 0 Å². The minimum Gasteiger partial charge on any atom is -0.508 e. The normalized spacial score (nSPS) is 24.8. The third-order valence-corrected chi connectivity index (χ3v) is 3.29. The summed E-state index contributed by atoms with van der Waals surface area (Å²) in [6.07, 6.45) is 3.11. The first-order valence-electron chi connectivity index (χ1n) is 5.92. The maximum Gasteiger partial charge on any atom is 0.115 e. The highest BCUT2D eigenvalue weighted by Crippen LogP contribution is 2.24. The Morgan fingerprint density at radius 2 is 1.94 bits per heavy atom. The van der Waals surface area contributed by atoms with E-state index >= 15 is 0 Å². The van der Waals surface area contributed by atoms with E-state index in [4.69, 9.17) is 5.11 Å². The van der Waals surface area contributed by atoms with E-state index in [1.54, 1.807) is 12.1 Å². The van der Waals surface area contributed by atoms with Gasteiger partial charge in [0.1, 0.15) is 5.75 Å². The summed E-state index contributed by atoms with van der Waals surface area (Å²) < 4.78 is 0. The van der Waals surface area contributed by atoms with E-state index in [1.165, 1.54) is 0 Å². The van der Waals surface area contributed by atoms with Crippen LogP contribution in [0.1, 0.15) is 24.8 Å². The Kier molecular flexibility index (Phi) is 3.80. The SMILES string of the molecule is Oc1ccc(CNCC2CCCC2O)cc1. The lowest BCUT2D eigenvalue weighted by atomic mass is 10.1. The predicted octanol–water partition coefficient (Wildman–Crippen LogP) is 1.64. The standard InChI is InChI=1S/C13H19NO2/c15-12-6-4-10(5-7-12)8-14-9-11-2-1-3-13(11)16/h4-7,11,13-16H,1-3,8-9H2. The molecule has 2 unspecified atom stereocenters. The van der Waals surface area contributed by atoms with Crippen LogP contribution in [0, 0.1) is 5.92 Å². The van der Waals surface area contributed by atoms with E-state index in [0.29, 0.717) is 11.7 Å². The molecule has 0 amide bonds. The fourth-order valence-corrected chi connectivity index (χ4v) is 2.27. The Bertz CT molecular complexity index is 323. The van der Waals surface area contributed by atoms with Crippen molar-refractivity contribution in [3.63, 3.8) is 0 Å². The van der Waals surface area contributed by atoms with Crippen LogP contribution in [0.3, 0.4) is 0 Å². The second-order valence-electron chi connectivity index (χ2n) is 4.56. The van der Waals surface area contributed by atoms with Gasteiger partial charge in [-0.1, -0.05) is 18.6 Å². The third kappa shape index (κ3) is 2.97. The summed E-state index contributed by atoms with van der Waals surface area (Å²) in [6.45, 7) is 1.67. The fraction of sp³-hybridized carbons (Fsp3) is 0.538. The van der Waals surface area contributed by atoms with Crippen LogP contribution in [0.15, 0.2) is 24.3 Å². The van der Waals surface area contributed by atoms with Gasteiger partial charge in [0.25, 0.3) is 0 Å². The van der Waals surface area contributed by atoms with Gasteiger partial charge in [-0.3, -0.25) is 0 Å². The van der Waals surface area contributed by atoms with Crippen molar-refractivity contribution >= 4 is 0 Å². The Morgan fingerprint density at radius 3 is 2.56 bits per heavy atom. The number of phenols is 1. The van der Waals surface area contributed by atoms with E-state index in [2.05, 4.69) is 5.32 Å². The molecule has 2 rings (SSSR count). The second kappa shape index (κ2) is 5.32. The minimum absolute atomic E-state index is 0.118. The predicted molar refractivity (Wildman–Crippen MR) is 63.2 cm³/mol. The molecule has 0 heterocycles. The van der Waals surface area contributed by atoms with Crippen molar-refractivity contribution in [2.45, 2.75) is 31.9 Å². The molecular formula is C13H19NO2. The van der Waals surface area contributed by atoms with Crippen LogP contribution in [-0.2, 0) is 6.54 Å². The highest BCUT2D eigenvalue weighted by molar-refractivity contribution is 5.25. The molecule has 0 saturated heterocycles. The van der Waals surface area contributed by atoms with Gasteiger partial charge in [-0.2, -0.15) is 0 Å². The Balaban J connectivity index is 1.73. The van der Waals surface area contributed by atoms with Crippen molar-refractivity contribution in [1.82, 2.24) is 5.32 Å². The highest BCUT2D eigenvalue weighted by Gasteiger charge is 2.24. The van der Waals surface area contributed by atoms with E-state index in [9.17, 15) is 5.11 Å². The minimum atomic E-state index is -0.118. The fourth-order valence-electron chi connectivity index (χ4n) is 2.27. The van der Waals surface area contributed by atoms with Crippen molar-refractivity contribution in [2.75, 3.05) is 6.54 Å². The Hall–Kier alpha value is -1.06. The highest BCUT2D eigenvalue weighted by atomic mass is 16.3. The monoisotopic (exact) mass is 221 g/mol. The summed E-state index contributed by atoms with van der Waals surface area (Å²) in [5.74, 6) is 0.715. The summed E-state index contributed by atoms with van der Waals surface area (Å²) in [6, 6.07) is 7.21. The number of nitrogens with one attached hydrogen (secondary N) is 1. The molecule has 1 aliphatic rings. The van der Waals surface area contributed by atoms with E-state index < -0.39 is 0 Å². The number of aliphatic hydroxyl groups excluding tert-OH is 1. The molecule has 16 heavy (non-hydrogen) atoms. The summed E-state index contributed by atoms with van der Waals surface area (Å²) in [5.41, 5.74) is 1.16. The maximum absolute atomic E-state index is 9.65. The summed E-state index contributed by atoms with van der Waals surface area (Å²) >= 11 is 0. The molecule has 0 bridgehead atoms. The number of aromatic hydroxyl groups is 1. The van der Waals surface area contributed by atoms with Gasteiger partial charge < -0.3 is 15.5 Å². The molecule has 0 aromatic heterocycles. The van der Waals surface area contributed by atoms with Gasteiger partial charge in [0.15, 0.2) is 0 Å². The van der Waals surface area contributed by atoms with Gasteiger partial charge in [-0.25, -0.2) is 0 Å². The smallest absolute Gasteiger partial charge is 0.115 e. The molecule has 0 radical (unpaired) electrons. The summed E-state index contributed by atoms with van der Waals surface area (Å²) in [4.78, 5) is 0. The van der Waals surface area contributed by atoms with Crippen LogP contribution in [0.25, 0.3) is 0 Å². The van der Waals surface area contributed by atoms with Gasteiger partial charge in [0.2, 0.25) is 0 Å². The largest absolute Gasteiger partial charge is 0.508 e. The molecule has 0 aliphatic heterocycles. The quantitative estimate of drug-likeness (QED) is 0.724. The van der Waals surface area contributed by atoms with Crippen LogP contribution < -0.4 is 5.32 Å². The maximum atomic E-state index is 9.65. The topological polar surface area (TPSA) is 52.5 Å². The molecule has 2 atom stereocenters. The number of rotatable bonds is 4. The molecule has 3 nitrogen and oxygen atoms in total. The van der Waals surface area contributed by atoms with E-state index in [-0.39, 0.29) is 6.10 Å². The average molecular weight is 221 g/mol. The van der Waals surface area contributed by atoms with Gasteiger partial charge in [-0.15, -0.1) is 0 Å². The number of hydrogen-bond acceptors (Lipinski definition) is 3. The molecule has 88 valence electrons. The lowest BCUT2D eigenvalue weighted by Crippen LogP contribution is -2.27. The van der Waals surface area contributed by atoms with Crippen LogP contribution in [0.4, 0.5) is 0 Å². The number of benzene rings is 1. The van der Waals surface area contributed by atoms with Crippen LogP contribution >= 0.6 is 0 Å². The molecule has 0 spiro atoms. The van der Waals surface area contributed by atoms with Gasteiger partial charge in [0.05, 0.1) is 6.10 Å². The Morgan fingerprint density at radius 1 is 1.19 bits per heavy atom. The first kappa shape index (κ1) is 11.4. The van der Waals surface area contributed by atoms with E-state index in [0.717, 1.165) is 37.9 Å². The molecule has 1 aromatic rings. The first-order valence-corrected chi connectivity index (χ1v) is 5.92. The van der Waals surface area contributed by atoms with Crippen LogP contribution in [-0.4, -0.2) is 22.9 Å². The molecule has 3 heteroatoms. The number of phenolic OH excluding ortho intramolecular Hbond substituents is 1. The lowest BCUT2D eigenvalue weighted by molar-refractivity contribution is 0.131. The lowest BCUT2D eigenvalue weighted by Gasteiger charge is -2.15. The van der Waals surface area contributed by atoms with Crippen molar-refractivity contribution in [2.24, 2.45) is 5.92 Å². The Labute approximate surface area is 96.1 Å². The van der Waals surface area contributed by atoms with E-state index in [1.807, 2.05) is 12.1 Å². The molecule has 1 aliphatic carbocycles. The van der Waals surface area contributed by atoms with Crippen LogP contribution in [0.2, 0.25) is 0 Å². The number of aliphatic hydroxyl groups is 1. The second-order valence-corrected chi connectivity index (χ2v) is 4.56. The molecule has 3 N–H and O–H groups in total. The van der Waals surface area contributed by atoms with Crippen molar-refractivity contribution < 1.29 is 10.2 Å². The molecular weight excluding hydrogens is 202 g/mol. The van der Waals surface area contributed by atoms with Crippen molar-refractivity contribution in [3.8, 4) is 5.75 Å². The van der Waals surface area contributed by atoms with Crippen molar-refractivity contribution in [1.29, 1.82) is 0 Å². The van der Waals surface area contributed by atoms with Crippen LogP contribution in [0.5, 0.6) is 5.75 Å². The van der Waals surface area contributed by atoms with Gasteiger partial charge in [0, 0.05) is 13.1 Å². The van der Waals surface area contributed by atoms with Gasteiger partial charge in [-0.05, 0) is 36.5 Å². The summed E-state index contributed by atoms with van der Waals surface area (Å²) in [7, 11) is 0.